The molecule has 19 heavy (non-hydrogen) atoms. The molecule has 4 heteroatoms. The molecule has 0 fully saturated rings. The Labute approximate surface area is 132 Å². The molecule has 2 aromatic rings. The normalized spacial score (nSPS) is 12.6. The van der Waals surface area contributed by atoms with Gasteiger partial charge < -0.3 is 5.32 Å². The molecule has 1 aromatic heterocycles. The van der Waals surface area contributed by atoms with Crippen molar-refractivity contribution in [2.24, 2.45) is 0 Å². The third-order valence-electron chi connectivity index (χ3n) is 3.10. The maximum absolute atomic E-state index is 6.01. The Kier molecular flexibility index (Phi) is 5.46. The summed E-state index contributed by atoms with van der Waals surface area (Å²) >= 11 is 11.2. The summed E-state index contributed by atoms with van der Waals surface area (Å²) in [7, 11) is 0. The van der Waals surface area contributed by atoms with Crippen LogP contribution in [-0.4, -0.2) is 6.54 Å². The van der Waals surface area contributed by atoms with Crippen LogP contribution in [0.25, 0.3) is 0 Å². The summed E-state index contributed by atoms with van der Waals surface area (Å²) < 4.78 is 1.98. The minimum absolute atomic E-state index is 0.331. The van der Waals surface area contributed by atoms with Crippen LogP contribution in [0.5, 0.6) is 0 Å². The van der Waals surface area contributed by atoms with E-state index < -0.39 is 0 Å². The lowest BCUT2D eigenvalue weighted by Gasteiger charge is -2.20. The van der Waals surface area contributed by atoms with Gasteiger partial charge in [-0.25, -0.2) is 0 Å². The van der Waals surface area contributed by atoms with E-state index in [1.54, 1.807) is 11.3 Å². The van der Waals surface area contributed by atoms with Crippen molar-refractivity contribution in [3.63, 3.8) is 0 Å². The Balaban J connectivity index is 2.26. The molecule has 1 unspecified atom stereocenters. The van der Waals surface area contributed by atoms with Crippen molar-refractivity contribution in [2.45, 2.75) is 26.3 Å². The zero-order chi connectivity index (χ0) is 13.8. The standard InChI is InChI=1S/C15H17BrClNS/c1-3-18-14(9-12-6-7-15(17)19-12)13-8-11(16)5-4-10(13)2/h4-8,14,18H,3,9H2,1-2H3. The van der Waals surface area contributed by atoms with Gasteiger partial charge in [0.15, 0.2) is 0 Å². The number of hydrogen-bond acceptors (Lipinski definition) is 2. The molecule has 0 saturated carbocycles. The van der Waals surface area contributed by atoms with E-state index in [0.29, 0.717) is 6.04 Å². The van der Waals surface area contributed by atoms with Crippen molar-refractivity contribution in [2.75, 3.05) is 6.54 Å². The zero-order valence-corrected chi connectivity index (χ0v) is 14.2. The predicted molar refractivity (Wildman–Crippen MR) is 88.3 cm³/mol. The fourth-order valence-corrected chi connectivity index (χ4v) is 3.70. The van der Waals surface area contributed by atoms with Crippen LogP contribution in [0.3, 0.4) is 0 Å². The SMILES string of the molecule is CCNC(Cc1ccc(Cl)s1)c1cc(Br)ccc1C. The van der Waals surface area contributed by atoms with Crippen molar-refractivity contribution in [1.82, 2.24) is 5.32 Å². The van der Waals surface area contributed by atoms with Gasteiger partial charge in [-0.1, -0.05) is 40.5 Å². The second-order valence-corrected chi connectivity index (χ2v) is 7.24. The molecule has 2 rings (SSSR count). The molecule has 102 valence electrons. The average Bonchev–Trinajstić information content (AvgIpc) is 2.77. The zero-order valence-electron chi connectivity index (χ0n) is 11.0. The molecule has 0 aliphatic heterocycles. The van der Waals surface area contributed by atoms with Crippen molar-refractivity contribution < 1.29 is 0 Å². The largest absolute Gasteiger partial charge is 0.310 e. The second-order valence-electron chi connectivity index (χ2n) is 4.52. The maximum atomic E-state index is 6.01. The highest BCUT2D eigenvalue weighted by Crippen LogP contribution is 2.29. The van der Waals surface area contributed by atoms with Crippen LogP contribution in [-0.2, 0) is 6.42 Å². The molecule has 0 aliphatic carbocycles. The number of aryl methyl sites for hydroxylation is 1. The number of benzene rings is 1. The lowest BCUT2D eigenvalue weighted by molar-refractivity contribution is 0.550. The monoisotopic (exact) mass is 357 g/mol. The summed E-state index contributed by atoms with van der Waals surface area (Å²) in [4.78, 5) is 1.32. The molecule has 1 nitrogen and oxygen atoms in total. The Morgan fingerprint density at radius 3 is 2.74 bits per heavy atom. The van der Waals surface area contributed by atoms with Gasteiger partial charge in [0.1, 0.15) is 0 Å². The molecule has 0 aliphatic rings. The third-order valence-corrected chi connectivity index (χ3v) is 4.85. The van der Waals surface area contributed by atoms with E-state index in [2.05, 4.69) is 59.4 Å². The van der Waals surface area contributed by atoms with Gasteiger partial charge in [0.2, 0.25) is 0 Å². The molecule has 1 N–H and O–H groups in total. The fourth-order valence-electron chi connectivity index (χ4n) is 2.19. The number of likely N-dealkylation sites (N-methyl/N-ethyl adjacent to an activating group) is 1. The van der Waals surface area contributed by atoms with Crippen molar-refractivity contribution in [3.8, 4) is 0 Å². The van der Waals surface area contributed by atoms with Crippen LogP contribution in [0.1, 0.15) is 29.0 Å². The lowest BCUT2D eigenvalue weighted by atomic mass is 9.98. The molecule has 0 spiro atoms. The predicted octanol–water partition coefficient (Wildman–Crippen LogP) is 5.37. The minimum atomic E-state index is 0.331. The van der Waals surface area contributed by atoms with Crippen LogP contribution >= 0.6 is 38.9 Å². The van der Waals surface area contributed by atoms with Crippen LogP contribution in [0.15, 0.2) is 34.8 Å². The Bertz CT molecular complexity index is 553. The van der Waals surface area contributed by atoms with Gasteiger partial charge in [0.05, 0.1) is 4.34 Å². The molecular weight excluding hydrogens is 342 g/mol. The van der Waals surface area contributed by atoms with E-state index >= 15 is 0 Å². The van der Waals surface area contributed by atoms with Crippen LogP contribution < -0.4 is 5.32 Å². The van der Waals surface area contributed by atoms with Gasteiger partial charge in [0, 0.05) is 21.8 Å². The van der Waals surface area contributed by atoms with E-state index in [-0.39, 0.29) is 0 Å². The van der Waals surface area contributed by atoms with Gasteiger partial charge in [-0.05, 0) is 48.9 Å². The first-order chi connectivity index (χ1) is 9.10. The molecular formula is C15H17BrClNS. The van der Waals surface area contributed by atoms with Gasteiger partial charge in [-0.15, -0.1) is 11.3 Å². The Morgan fingerprint density at radius 1 is 1.32 bits per heavy atom. The molecule has 1 aromatic carbocycles. The summed E-state index contributed by atoms with van der Waals surface area (Å²) in [5, 5.41) is 3.57. The number of rotatable bonds is 5. The van der Waals surface area contributed by atoms with E-state index in [1.165, 1.54) is 16.0 Å². The number of halogens is 2. The molecule has 1 heterocycles. The molecule has 0 bridgehead atoms. The van der Waals surface area contributed by atoms with Crippen molar-refractivity contribution in [3.05, 3.63) is 55.1 Å². The number of thiophene rings is 1. The van der Waals surface area contributed by atoms with E-state index in [4.69, 9.17) is 11.6 Å². The third kappa shape index (κ3) is 4.06. The van der Waals surface area contributed by atoms with E-state index in [9.17, 15) is 0 Å². The molecule has 1 atom stereocenters. The van der Waals surface area contributed by atoms with Gasteiger partial charge >= 0.3 is 0 Å². The van der Waals surface area contributed by atoms with E-state index in [0.717, 1.165) is 21.8 Å². The molecule has 0 amide bonds. The molecule has 0 saturated heterocycles. The minimum Gasteiger partial charge on any atom is -0.310 e. The first kappa shape index (κ1) is 15.0. The first-order valence-corrected chi connectivity index (χ1v) is 8.32. The summed E-state index contributed by atoms with van der Waals surface area (Å²) in [6.45, 7) is 5.25. The number of nitrogens with one attached hydrogen (secondary N) is 1. The van der Waals surface area contributed by atoms with Crippen LogP contribution in [0.4, 0.5) is 0 Å². The highest BCUT2D eigenvalue weighted by Gasteiger charge is 2.15. The second kappa shape index (κ2) is 6.89. The summed E-state index contributed by atoms with van der Waals surface area (Å²) in [6.07, 6.45) is 0.975. The maximum Gasteiger partial charge on any atom is 0.0931 e. The summed E-state index contributed by atoms with van der Waals surface area (Å²) in [5.41, 5.74) is 2.66. The van der Waals surface area contributed by atoms with Gasteiger partial charge in [0.25, 0.3) is 0 Å². The topological polar surface area (TPSA) is 12.0 Å². The molecule has 0 radical (unpaired) electrons. The average molecular weight is 359 g/mol. The highest BCUT2D eigenvalue weighted by atomic mass is 79.9. The Morgan fingerprint density at radius 2 is 2.11 bits per heavy atom. The van der Waals surface area contributed by atoms with Crippen molar-refractivity contribution in [1.29, 1.82) is 0 Å². The summed E-state index contributed by atoms with van der Waals surface area (Å²) in [5.74, 6) is 0. The highest BCUT2D eigenvalue weighted by molar-refractivity contribution is 9.10. The van der Waals surface area contributed by atoms with Crippen LogP contribution in [0, 0.1) is 6.92 Å². The lowest BCUT2D eigenvalue weighted by Crippen LogP contribution is -2.23. The van der Waals surface area contributed by atoms with E-state index in [1.807, 2.05) is 6.07 Å². The fraction of sp³-hybridized carbons (Fsp3) is 0.333. The Hall–Kier alpha value is -0.350. The van der Waals surface area contributed by atoms with Crippen LogP contribution in [0.2, 0.25) is 4.34 Å². The van der Waals surface area contributed by atoms with Crippen molar-refractivity contribution >= 4 is 38.9 Å². The van der Waals surface area contributed by atoms with Gasteiger partial charge in [-0.3, -0.25) is 0 Å². The first-order valence-electron chi connectivity index (χ1n) is 6.33. The smallest absolute Gasteiger partial charge is 0.0931 e. The summed E-state index contributed by atoms with van der Waals surface area (Å²) in [6, 6.07) is 10.9. The number of hydrogen-bond donors (Lipinski definition) is 1. The van der Waals surface area contributed by atoms with Gasteiger partial charge in [-0.2, -0.15) is 0 Å². The quantitative estimate of drug-likeness (QED) is 0.758.